The Hall–Kier alpha value is -1.96. The summed E-state index contributed by atoms with van der Waals surface area (Å²) in [6.45, 7) is 0. The maximum Gasteiger partial charge on any atom is 0.296 e. The van der Waals surface area contributed by atoms with Gasteiger partial charge >= 0.3 is 0 Å². The summed E-state index contributed by atoms with van der Waals surface area (Å²) in [6, 6.07) is 0. The molecule has 0 saturated carbocycles. The van der Waals surface area contributed by atoms with Crippen LogP contribution < -0.4 is 0 Å². The standard InChI is InChI=1S/C12H16BrN5O2/c1-16(2)6-5-9-10(18(19)20)7-14-12(11(9)13)15-8-17(3)4/h5-8H,1-4H3/b6-5+,15-8-. The van der Waals surface area contributed by atoms with Crippen molar-refractivity contribution in [2.45, 2.75) is 0 Å². The van der Waals surface area contributed by atoms with Gasteiger partial charge in [-0.3, -0.25) is 10.1 Å². The number of halogens is 1. The Morgan fingerprint density at radius 1 is 1.35 bits per heavy atom. The fraction of sp³-hybridized carbons (Fsp3) is 0.333. The number of aromatic nitrogens is 1. The van der Waals surface area contributed by atoms with E-state index in [0.717, 1.165) is 0 Å². The zero-order valence-electron chi connectivity index (χ0n) is 11.7. The molecule has 1 heterocycles. The number of rotatable bonds is 5. The van der Waals surface area contributed by atoms with Crippen molar-refractivity contribution in [2.24, 2.45) is 4.99 Å². The van der Waals surface area contributed by atoms with Gasteiger partial charge in [-0.1, -0.05) is 0 Å². The Kier molecular flexibility index (Phi) is 5.63. The van der Waals surface area contributed by atoms with Crippen molar-refractivity contribution in [2.75, 3.05) is 28.2 Å². The van der Waals surface area contributed by atoms with Crippen LogP contribution in [0.15, 0.2) is 21.9 Å². The minimum absolute atomic E-state index is 0.0706. The Balaban J connectivity index is 3.34. The van der Waals surface area contributed by atoms with Gasteiger partial charge < -0.3 is 9.80 Å². The molecule has 0 fully saturated rings. The molecule has 0 aliphatic heterocycles. The summed E-state index contributed by atoms with van der Waals surface area (Å²) < 4.78 is 0.489. The van der Waals surface area contributed by atoms with Crippen LogP contribution in [0.25, 0.3) is 6.08 Å². The molecule has 1 aromatic heterocycles. The predicted octanol–water partition coefficient (Wildman–Crippen LogP) is 2.51. The van der Waals surface area contributed by atoms with Crippen LogP contribution in [0.3, 0.4) is 0 Å². The molecule has 0 radical (unpaired) electrons. The Morgan fingerprint density at radius 2 is 2.00 bits per heavy atom. The third kappa shape index (κ3) is 4.30. The van der Waals surface area contributed by atoms with Crippen LogP contribution in [0.4, 0.5) is 11.5 Å². The van der Waals surface area contributed by atoms with E-state index in [1.807, 2.05) is 28.2 Å². The van der Waals surface area contributed by atoms with Crippen molar-refractivity contribution in [3.05, 3.63) is 32.5 Å². The molecule has 0 bridgehead atoms. The van der Waals surface area contributed by atoms with Gasteiger partial charge in [-0.2, -0.15) is 0 Å². The van der Waals surface area contributed by atoms with E-state index in [1.54, 1.807) is 28.4 Å². The summed E-state index contributed by atoms with van der Waals surface area (Å²) in [6.07, 6.45) is 6.17. The van der Waals surface area contributed by atoms with Gasteiger partial charge in [0.2, 0.25) is 0 Å². The summed E-state index contributed by atoms with van der Waals surface area (Å²) in [5.74, 6) is 0.391. The van der Waals surface area contributed by atoms with Gasteiger partial charge in [-0.25, -0.2) is 9.98 Å². The Labute approximate surface area is 125 Å². The number of hydrogen-bond donors (Lipinski definition) is 0. The molecular formula is C12H16BrN5O2. The second-order valence-electron chi connectivity index (χ2n) is 4.44. The quantitative estimate of drug-likeness (QED) is 0.356. The molecule has 8 heteroatoms. The fourth-order valence-electron chi connectivity index (χ4n) is 1.27. The van der Waals surface area contributed by atoms with Gasteiger partial charge in [0.15, 0.2) is 5.82 Å². The van der Waals surface area contributed by atoms with Crippen LogP contribution in [0.5, 0.6) is 0 Å². The van der Waals surface area contributed by atoms with Gasteiger partial charge in [0, 0.05) is 28.2 Å². The molecule has 0 unspecified atom stereocenters. The molecule has 1 aromatic rings. The highest BCUT2D eigenvalue weighted by molar-refractivity contribution is 9.10. The number of nitrogens with zero attached hydrogens (tertiary/aromatic N) is 5. The van der Waals surface area contributed by atoms with E-state index >= 15 is 0 Å². The molecule has 0 aliphatic carbocycles. The van der Waals surface area contributed by atoms with Crippen molar-refractivity contribution < 1.29 is 4.92 Å². The first-order valence-corrected chi connectivity index (χ1v) is 6.50. The predicted molar refractivity (Wildman–Crippen MR) is 83.2 cm³/mol. The average Bonchev–Trinajstić information content (AvgIpc) is 2.34. The lowest BCUT2D eigenvalue weighted by molar-refractivity contribution is -0.385. The van der Waals surface area contributed by atoms with Gasteiger partial charge in [0.25, 0.3) is 5.69 Å². The molecule has 0 aliphatic rings. The van der Waals surface area contributed by atoms with E-state index in [2.05, 4.69) is 25.9 Å². The van der Waals surface area contributed by atoms with Crippen LogP contribution in [-0.4, -0.2) is 54.2 Å². The highest BCUT2D eigenvalue weighted by Crippen LogP contribution is 2.33. The van der Waals surface area contributed by atoms with Crippen molar-refractivity contribution in [1.29, 1.82) is 0 Å². The molecule has 0 amide bonds. The van der Waals surface area contributed by atoms with Crippen LogP contribution in [-0.2, 0) is 0 Å². The Morgan fingerprint density at radius 3 is 2.50 bits per heavy atom. The monoisotopic (exact) mass is 341 g/mol. The maximum absolute atomic E-state index is 11.0. The van der Waals surface area contributed by atoms with Crippen LogP contribution in [0, 0.1) is 10.1 Å². The number of hydrogen-bond acceptors (Lipinski definition) is 5. The second kappa shape index (κ2) is 6.99. The first kappa shape index (κ1) is 16.1. The van der Waals surface area contributed by atoms with Gasteiger partial charge in [-0.05, 0) is 28.2 Å². The van der Waals surface area contributed by atoms with E-state index < -0.39 is 4.92 Å². The van der Waals surface area contributed by atoms with Crippen molar-refractivity contribution in [3.8, 4) is 0 Å². The zero-order chi connectivity index (χ0) is 15.3. The summed E-state index contributed by atoms with van der Waals surface area (Å²) >= 11 is 3.33. The van der Waals surface area contributed by atoms with Crippen LogP contribution in [0.1, 0.15) is 5.56 Å². The van der Waals surface area contributed by atoms with Gasteiger partial charge in [0.05, 0.1) is 21.3 Å². The number of nitro groups is 1. The van der Waals surface area contributed by atoms with Crippen molar-refractivity contribution in [1.82, 2.24) is 14.8 Å². The van der Waals surface area contributed by atoms with Gasteiger partial charge in [0.1, 0.15) is 6.20 Å². The molecule has 108 valence electrons. The minimum atomic E-state index is -0.466. The average molecular weight is 342 g/mol. The van der Waals surface area contributed by atoms with E-state index in [9.17, 15) is 10.1 Å². The number of aliphatic imine (C=N–C) groups is 1. The van der Waals surface area contributed by atoms with E-state index in [4.69, 9.17) is 0 Å². The summed E-state index contributed by atoms with van der Waals surface area (Å²) in [5, 5.41) is 11.0. The smallest absolute Gasteiger partial charge is 0.296 e. The highest BCUT2D eigenvalue weighted by atomic mass is 79.9. The minimum Gasteiger partial charge on any atom is -0.383 e. The molecule has 0 aromatic carbocycles. The molecule has 7 nitrogen and oxygen atoms in total. The lowest BCUT2D eigenvalue weighted by atomic mass is 10.2. The normalized spacial score (nSPS) is 11.2. The van der Waals surface area contributed by atoms with Crippen molar-refractivity contribution in [3.63, 3.8) is 0 Å². The highest BCUT2D eigenvalue weighted by Gasteiger charge is 2.18. The third-order valence-electron chi connectivity index (χ3n) is 2.16. The molecule has 1 rings (SSSR count). The summed E-state index contributed by atoms with van der Waals surface area (Å²) in [7, 11) is 7.33. The molecule has 0 N–H and O–H groups in total. The van der Waals surface area contributed by atoms with E-state index in [-0.39, 0.29) is 5.69 Å². The topological polar surface area (TPSA) is 74.9 Å². The lowest BCUT2D eigenvalue weighted by Crippen LogP contribution is -2.07. The van der Waals surface area contributed by atoms with Crippen LogP contribution >= 0.6 is 15.9 Å². The summed E-state index contributed by atoms with van der Waals surface area (Å²) in [5.41, 5.74) is 0.364. The van der Waals surface area contributed by atoms with Crippen LogP contribution in [0.2, 0.25) is 0 Å². The molecule has 0 spiro atoms. The van der Waals surface area contributed by atoms with E-state index in [1.165, 1.54) is 6.20 Å². The van der Waals surface area contributed by atoms with Crippen molar-refractivity contribution >= 4 is 39.8 Å². The third-order valence-corrected chi connectivity index (χ3v) is 2.95. The molecule has 0 atom stereocenters. The second-order valence-corrected chi connectivity index (χ2v) is 5.23. The zero-order valence-corrected chi connectivity index (χ0v) is 13.3. The van der Waals surface area contributed by atoms with E-state index in [0.29, 0.717) is 15.9 Å². The largest absolute Gasteiger partial charge is 0.383 e. The first-order valence-electron chi connectivity index (χ1n) is 5.71. The number of pyridine rings is 1. The summed E-state index contributed by atoms with van der Waals surface area (Å²) in [4.78, 5) is 22.3. The molecule has 20 heavy (non-hydrogen) atoms. The Bertz CT molecular complexity index is 555. The maximum atomic E-state index is 11.0. The van der Waals surface area contributed by atoms with Gasteiger partial charge in [-0.15, -0.1) is 0 Å². The fourth-order valence-corrected chi connectivity index (χ4v) is 1.81. The molecule has 0 saturated heterocycles. The SMILES string of the molecule is CN(C)/C=N\c1ncc([N+](=O)[O-])c(/C=C/N(C)C)c1Br. The lowest BCUT2D eigenvalue weighted by Gasteiger charge is -2.07. The molecular weight excluding hydrogens is 326 g/mol. The first-order chi connectivity index (χ1) is 9.32.